The van der Waals surface area contributed by atoms with E-state index in [0.717, 1.165) is 16.5 Å². The number of aliphatic carboxylic acids is 1. The molecule has 0 spiro atoms. The highest BCUT2D eigenvalue weighted by Crippen LogP contribution is 2.19. The van der Waals surface area contributed by atoms with E-state index >= 15 is 0 Å². The van der Waals surface area contributed by atoms with Gasteiger partial charge >= 0.3 is 12.0 Å². The third-order valence-corrected chi connectivity index (χ3v) is 3.73. The second-order valence-electron chi connectivity index (χ2n) is 5.42. The van der Waals surface area contributed by atoms with Crippen LogP contribution in [0.5, 0.6) is 0 Å². The molecule has 0 bridgehead atoms. The van der Waals surface area contributed by atoms with E-state index in [1.165, 1.54) is 0 Å². The molecule has 1 atom stereocenters. The lowest BCUT2D eigenvalue weighted by Crippen LogP contribution is -2.44. The lowest BCUT2D eigenvalue weighted by Gasteiger charge is -2.15. The summed E-state index contributed by atoms with van der Waals surface area (Å²) >= 11 is 0. The van der Waals surface area contributed by atoms with Crippen LogP contribution in [-0.2, 0) is 11.2 Å². The molecule has 1 heterocycles. The van der Waals surface area contributed by atoms with E-state index in [1.54, 1.807) is 30.5 Å². The molecule has 0 saturated carbocycles. The first-order valence-corrected chi connectivity index (χ1v) is 7.54. The predicted molar refractivity (Wildman–Crippen MR) is 92.0 cm³/mol. The van der Waals surface area contributed by atoms with Crippen LogP contribution in [0.25, 0.3) is 10.9 Å². The van der Waals surface area contributed by atoms with Crippen LogP contribution in [0.3, 0.4) is 0 Å². The number of amides is 2. The molecular weight excluding hydrogens is 306 g/mol. The number of H-pyrrole nitrogens is 1. The average molecular weight is 323 g/mol. The van der Waals surface area contributed by atoms with Crippen molar-refractivity contribution in [1.82, 2.24) is 10.3 Å². The Morgan fingerprint density at radius 1 is 1.04 bits per heavy atom. The van der Waals surface area contributed by atoms with Gasteiger partial charge in [0.15, 0.2) is 0 Å². The van der Waals surface area contributed by atoms with Crippen molar-refractivity contribution in [1.29, 1.82) is 0 Å². The number of rotatable bonds is 5. The Bertz CT molecular complexity index is 858. The third-order valence-electron chi connectivity index (χ3n) is 3.73. The smallest absolute Gasteiger partial charge is 0.326 e. The van der Waals surface area contributed by atoms with Crippen LogP contribution >= 0.6 is 0 Å². The Hall–Kier alpha value is -3.28. The van der Waals surface area contributed by atoms with Crippen molar-refractivity contribution >= 4 is 28.6 Å². The number of hydrogen-bond donors (Lipinski definition) is 4. The molecule has 4 N–H and O–H groups in total. The molecule has 2 aromatic carbocycles. The molecule has 0 aliphatic heterocycles. The molecule has 0 unspecified atom stereocenters. The molecule has 0 fully saturated rings. The minimum absolute atomic E-state index is 0.196. The summed E-state index contributed by atoms with van der Waals surface area (Å²) < 4.78 is 0. The van der Waals surface area contributed by atoms with Gasteiger partial charge in [-0.2, -0.15) is 0 Å². The van der Waals surface area contributed by atoms with Crippen molar-refractivity contribution < 1.29 is 14.7 Å². The summed E-state index contributed by atoms with van der Waals surface area (Å²) in [5.41, 5.74) is 2.38. The van der Waals surface area contributed by atoms with E-state index < -0.39 is 18.0 Å². The molecule has 1 aromatic heterocycles. The van der Waals surface area contributed by atoms with Gasteiger partial charge in [-0.1, -0.05) is 36.4 Å². The van der Waals surface area contributed by atoms with Gasteiger partial charge in [0.2, 0.25) is 0 Å². The van der Waals surface area contributed by atoms with Crippen molar-refractivity contribution in [2.45, 2.75) is 12.5 Å². The van der Waals surface area contributed by atoms with Gasteiger partial charge in [-0.15, -0.1) is 0 Å². The molecule has 2 amide bonds. The van der Waals surface area contributed by atoms with Crippen LogP contribution in [-0.4, -0.2) is 28.1 Å². The largest absolute Gasteiger partial charge is 0.480 e. The van der Waals surface area contributed by atoms with Crippen molar-refractivity contribution in [3.63, 3.8) is 0 Å². The molecule has 6 nitrogen and oxygen atoms in total. The lowest BCUT2D eigenvalue weighted by molar-refractivity contribution is -0.139. The van der Waals surface area contributed by atoms with E-state index in [9.17, 15) is 14.7 Å². The molecule has 0 aliphatic rings. The van der Waals surface area contributed by atoms with E-state index in [0.29, 0.717) is 5.69 Å². The van der Waals surface area contributed by atoms with E-state index in [4.69, 9.17) is 0 Å². The quantitative estimate of drug-likeness (QED) is 0.581. The first kappa shape index (κ1) is 15.6. The maximum Gasteiger partial charge on any atom is 0.326 e. The van der Waals surface area contributed by atoms with Gasteiger partial charge in [0, 0.05) is 29.2 Å². The molecule has 6 heteroatoms. The Morgan fingerprint density at radius 2 is 1.75 bits per heavy atom. The molecule has 0 aliphatic carbocycles. The van der Waals surface area contributed by atoms with Crippen molar-refractivity contribution in [3.05, 3.63) is 66.4 Å². The van der Waals surface area contributed by atoms with Crippen LogP contribution in [0.2, 0.25) is 0 Å². The first-order chi connectivity index (χ1) is 11.6. The van der Waals surface area contributed by atoms with Gasteiger partial charge in [-0.05, 0) is 23.8 Å². The van der Waals surface area contributed by atoms with Crippen LogP contribution in [0, 0.1) is 0 Å². The summed E-state index contributed by atoms with van der Waals surface area (Å²) in [5, 5.41) is 15.5. The number of aromatic amines is 1. The van der Waals surface area contributed by atoms with Gasteiger partial charge in [-0.25, -0.2) is 9.59 Å². The Morgan fingerprint density at radius 3 is 2.50 bits per heavy atom. The first-order valence-electron chi connectivity index (χ1n) is 7.54. The predicted octanol–water partition coefficient (Wildman–Crippen LogP) is 2.99. The van der Waals surface area contributed by atoms with E-state index in [2.05, 4.69) is 15.6 Å². The van der Waals surface area contributed by atoms with Crippen LogP contribution in [0.15, 0.2) is 60.8 Å². The van der Waals surface area contributed by atoms with Gasteiger partial charge in [0.1, 0.15) is 6.04 Å². The fourth-order valence-corrected chi connectivity index (χ4v) is 2.57. The minimum atomic E-state index is -1.08. The normalized spacial score (nSPS) is 11.8. The molecular formula is C18H17N3O3. The number of carboxylic acid groups (broad SMARTS) is 1. The molecule has 3 aromatic rings. The Labute approximate surface area is 138 Å². The SMILES string of the molecule is O=C(Nc1ccccc1)N[C@@H](Cc1c[nH]c2ccccc12)C(=O)O. The zero-order chi connectivity index (χ0) is 16.9. The van der Waals surface area contributed by atoms with Gasteiger partial charge < -0.3 is 20.7 Å². The van der Waals surface area contributed by atoms with Gasteiger partial charge in [-0.3, -0.25) is 0 Å². The number of carboxylic acids is 1. The highest BCUT2D eigenvalue weighted by molar-refractivity contribution is 5.92. The summed E-state index contributed by atoms with van der Waals surface area (Å²) in [5.74, 6) is -1.08. The maximum absolute atomic E-state index is 12.0. The number of carbonyl (C=O) groups is 2. The molecule has 0 saturated heterocycles. The highest BCUT2D eigenvalue weighted by atomic mass is 16.4. The number of nitrogens with one attached hydrogen (secondary N) is 3. The fraction of sp³-hybridized carbons (Fsp3) is 0.111. The maximum atomic E-state index is 12.0. The lowest BCUT2D eigenvalue weighted by atomic mass is 10.1. The van der Waals surface area contributed by atoms with E-state index in [-0.39, 0.29) is 6.42 Å². The van der Waals surface area contributed by atoms with Crippen LogP contribution < -0.4 is 10.6 Å². The highest BCUT2D eigenvalue weighted by Gasteiger charge is 2.21. The second-order valence-corrected chi connectivity index (χ2v) is 5.42. The summed E-state index contributed by atoms with van der Waals surface area (Å²) in [7, 11) is 0. The number of anilines is 1. The van der Waals surface area contributed by atoms with Crippen molar-refractivity contribution in [2.24, 2.45) is 0 Å². The van der Waals surface area contributed by atoms with Crippen LogP contribution in [0.4, 0.5) is 10.5 Å². The summed E-state index contributed by atoms with van der Waals surface area (Å²) in [6.45, 7) is 0. The average Bonchev–Trinajstić information content (AvgIpc) is 2.98. The summed E-state index contributed by atoms with van der Waals surface area (Å²) in [6, 6.07) is 14.9. The number of para-hydroxylation sites is 2. The minimum Gasteiger partial charge on any atom is -0.480 e. The molecule has 3 rings (SSSR count). The second kappa shape index (κ2) is 6.87. The Balaban J connectivity index is 1.71. The fourth-order valence-electron chi connectivity index (χ4n) is 2.57. The molecule has 122 valence electrons. The topological polar surface area (TPSA) is 94.2 Å². The number of aromatic nitrogens is 1. The van der Waals surface area contributed by atoms with Gasteiger partial charge in [0.05, 0.1) is 0 Å². The monoisotopic (exact) mass is 323 g/mol. The van der Waals surface area contributed by atoms with Gasteiger partial charge in [0.25, 0.3) is 0 Å². The standard InChI is InChI=1S/C18H17N3O3/c22-17(23)16(21-18(24)20-13-6-2-1-3-7-13)10-12-11-19-15-9-5-4-8-14(12)15/h1-9,11,16,19H,10H2,(H,22,23)(H2,20,21,24)/t16-/m0/s1. The third kappa shape index (κ3) is 3.55. The number of carbonyl (C=O) groups excluding carboxylic acids is 1. The molecule has 0 radical (unpaired) electrons. The van der Waals surface area contributed by atoms with E-state index in [1.807, 2.05) is 30.3 Å². The zero-order valence-corrected chi connectivity index (χ0v) is 12.8. The number of hydrogen-bond acceptors (Lipinski definition) is 2. The number of fused-ring (bicyclic) bond motifs is 1. The number of urea groups is 1. The molecule has 24 heavy (non-hydrogen) atoms. The van der Waals surface area contributed by atoms with Crippen molar-refractivity contribution in [3.8, 4) is 0 Å². The summed E-state index contributed by atoms with van der Waals surface area (Å²) in [6.07, 6.45) is 1.97. The summed E-state index contributed by atoms with van der Waals surface area (Å²) in [4.78, 5) is 26.6. The Kier molecular flexibility index (Phi) is 4.47. The van der Waals surface area contributed by atoms with Crippen molar-refractivity contribution in [2.75, 3.05) is 5.32 Å². The number of benzene rings is 2. The zero-order valence-electron chi connectivity index (χ0n) is 12.8. The van der Waals surface area contributed by atoms with Crippen LogP contribution in [0.1, 0.15) is 5.56 Å².